The highest BCUT2D eigenvalue weighted by Gasteiger charge is 2.66. The molecule has 4 fully saturated rings. The Labute approximate surface area is 137 Å². The van der Waals surface area contributed by atoms with Crippen molar-refractivity contribution in [2.75, 3.05) is 0 Å². The van der Waals surface area contributed by atoms with Gasteiger partial charge in [0.05, 0.1) is 12.0 Å². The van der Waals surface area contributed by atoms with Crippen LogP contribution < -0.4 is 0 Å². The highest BCUT2D eigenvalue weighted by molar-refractivity contribution is 5.86. The summed E-state index contributed by atoms with van der Waals surface area (Å²) in [5.74, 6) is -0.567. The van der Waals surface area contributed by atoms with Crippen LogP contribution in [0.5, 0.6) is 0 Å². The van der Waals surface area contributed by atoms with E-state index in [1.165, 1.54) is 0 Å². The Hall–Kier alpha value is -1.16. The lowest BCUT2D eigenvalue weighted by Crippen LogP contribution is -2.58. The second-order valence-electron chi connectivity index (χ2n) is 8.76. The van der Waals surface area contributed by atoms with Crippen LogP contribution in [-0.2, 0) is 9.59 Å². The quantitative estimate of drug-likeness (QED) is 0.729. The third kappa shape index (κ3) is 1.81. The average Bonchev–Trinajstić information content (AvgIpc) is 2.66. The molecule has 4 rings (SSSR count). The third-order valence-corrected chi connectivity index (χ3v) is 7.94. The monoisotopic (exact) mass is 318 g/mol. The predicted molar refractivity (Wildman–Crippen MR) is 84.6 cm³/mol. The van der Waals surface area contributed by atoms with E-state index in [-0.39, 0.29) is 34.9 Å². The van der Waals surface area contributed by atoms with Gasteiger partial charge in [-0.2, -0.15) is 0 Å². The van der Waals surface area contributed by atoms with Crippen LogP contribution in [0.1, 0.15) is 51.9 Å². The number of aliphatic hydroxyl groups excluding tert-OH is 1. The molecule has 0 saturated heterocycles. The van der Waals surface area contributed by atoms with E-state index in [9.17, 15) is 19.8 Å². The first-order chi connectivity index (χ1) is 10.8. The molecule has 0 aliphatic heterocycles. The summed E-state index contributed by atoms with van der Waals surface area (Å²) in [5, 5.41) is 20.5. The number of fused-ring (bicyclic) bond motifs is 3. The molecule has 4 heteroatoms. The molecule has 0 radical (unpaired) electrons. The molecule has 4 saturated carbocycles. The number of carbonyl (C=O) groups excluding carboxylic acids is 1. The molecule has 1 spiro atoms. The molecule has 7 atom stereocenters. The zero-order chi connectivity index (χ0) is 16.6. The van der Waals surface area contributed by atoms with Gasteiger partial charge >= 0.3 is 5.97 Å². The molecule has 0 aromatic carbocycles. The maximum atomic E-state index is 12.3. The fourth-order valence-electron chi connectivity index (χ4n) is 7.04. The van der Waals surface area contributed by atoms with Crippen LogP contribution >= 0.6 is 0 Å². The summed E-state index contributed by atoms with van der Waals surface area (Å²) in [6, 6.07) is 0. The van der Waals surface area contributed by atoms with Crippen molar-refractivity contribution in [3.8, 4) is 0 Å². The van der Waals surface area contributed by atoms with Crippen LogP contribution in [0.25, 0.3) is 0 Å². The fourth-order valence-corrected chi connectivity index (χ4v) is 7.04. The Kier molecular flexibility index (Phi) is 3.13. The number of aliphatic carboxylic acids is 1. The van der Waals surface area contributed by atoms with E-state index in [0.717, 1.165) is 37.7 Å². The lowest BCUT2D eigenvalue weighted by atomic mass is 9.43. The first-order valence-electron chi connectivity index (χ1n) is 8.91. The molecule has 0 amide bonds. The van der Waals surface area contributed by atoms with Gasteiger partial charge in [0.15, 0.2) is 0 Å². The van der Waals surface area contributed by atoms with Crippen molar-refractivity contribution in [3.63, 3.8) is 0 Å². The van der Waals surface area contributed by atoms with Gasteiger partial charge in [0.25, 0.3) is 0 Å². The smallest absolute Gasteiger partial charge is 0.307 e. The minimum atomic E-state index is -0.824. The molecule has 4 aliphatic carbocycles. The van der Waals surface area contributed by atoms with Gasteiger partial charge in [0, 0.05) is 18.3 Å². The van der Waals surface area contributed by atoms with Crippen molar-refractivity contribution in [2.45, 2.75) is 58.0 Å². The van der Waals surface area contributed by atoms with Crippen molar-refractivity contribution in [3.05, 3.63) is 12.2 Å². The molecule has 0 unspecified atom stereocenters. The van der Waals surface area contributed by atoms with Gasteiger partial charge in [-0.1, -0.05) is 13.5 Å². The molecule has 2 N–H and O–H groups in total. The molecule has 2 bridgehead atoms. The van der Waals surface area contributed by atoms with Gasteiger partial charge in [0.1, 0.15) is 5.78 Å². The molecular formula is C19H26O4. The Bertz CT molecular complexity index is 596. The second kappa shape index (κ2) is 4.69. The fraction of sp³-hybridized carbons (Fsp3) is 0.789. The molecular weight excluding hydrogens is 292 g/mol. The summed E-state index contributed by atoms with van der Waals surface area (Å²) in [6.07, 6.45) is 4.89. The van der Waals surface area contributed by atoms with Crippen molar-refractivity contribution >= 4 is 11.8 Å². The number of aliphatic hydroxyl groups is 1. The van der Waals surface area contributed by atoms with E-state index in [4.69, 9.17) is 0 Å². The number of hydrogen-bond donors (Lipinski definition) is 2. The van der Waals surface area contributed by atoms with E-state index >= 15 is 0 Å². The standard InChI is InChI=1S/C19H26O4/c1-10-11-3-4-15-18(2)9-12(20)7-13(17(22)23)14(18)5-6-19(15,8-11)16(10)21/h11,13-16,21H,1,3-9H2,2H3,(H,22,23)/t11-,13-,14-,15+,16+,18-,19-/m1/s1. The number of hydrogen-bond acceptors (Lipinski definition) is 3. The first-order valence-corrected chi connectivity index (χ1v) is 8.91. The van der Waals surface area contributed by atoms with Crippen LogP contribution in [0.15, 0.2) is 12.2 Å². The normalized spacial score (nSPS) is 52.0. The Balaban J connectivity index is 1.77. The number of Topliss-reactive ketones (excluding diaryl/α,β-unsaturated/α-hetero) is 1. The van der Waals surface area contributed by atoms with E-state index in [0.29, 0.717) is 12.3 Å². The lowest BCUT2D eigenvalue weighted by molar-refractivity contribution is -0.175. The summed E-state index contributed by atoms with van der Waals surface area (Å²) >= 11 is 0. The Morgan fingerprint density at radius 3 is 2.74 bits per heavy atom. The number of rotatable bonds is 1. The van der Waals surface area contributed by atoms with Gasteiger partial charge in [-0.25, -0.2) is 0 Å². The van der Waals surface area contributed by atoms with Gasteiger partial charge in [0.2, 0.25) is 0 Å². The zero-order valence-corrected chi connectivity index (χ0v) is 13.8. The molecule has 0 aromatic heterocycles. The largest absolute Gasteiger partial charge is 0.481 e. The summed E-state index contributed by atoms with van der Waals surface area (Å²) in [4.78, 5) is 24.0. The third-order valence-electron chi connectivity index (χ3n) is 7.94. The van der Waals surface area contributed by atoms with Gasteiger partial charge in [-0.3, -0.25) is 9.59 Å². The summed E-state index contributed by atoms with van der Waals surface area (Å²) in [7, 11) is 0. The highest BCUT2D eigenvalue weighted by Crippen LogP contribution is 2.70. The van der Waals surface area contributed by atoms with Crippen LogP contribution in [0.3, 0.4) is 0 Å². The van der Waals surface area contributed by atoms with E-state index < -0.39 is 18.0 Å². The van der Waals surface area contributed by atoms with E-state index in [1.54, 1.807) is 0 Å². The van der Waals surface area contributed by atoms with Crippen molar-refractivity contribution in [2.24, 2.45) is 34.5 Å². The number of carbonyl (C=O) groups is 2. The summed E-state index contributed by atoms with van der Waals surface area (Å²) in [5.41, 5.74) is 0.533. The summed E-state index contributed by atoms with van der Waals surface area (Å²) < 4.78 is 0. The Morgan fingerprint density at radius 1 is 1.30 bits per heavy atom. The van der Waals surface area contributed by atoms with E-state index in [1.807, 2.05) is 0 Å². The molecule has 126 valence electrons. The van der Waals surface area contributed by atoms with Crippen LogP contribution in [-0.4, -0.2) is 28.1 Å². The topological polar surface area (TPSA) is 74.6 Å². The summed E-state index contributed by atoms with van der Waals surface area (Å²) in [6.45, 7) is 6.27. The zero-order valence-electron chi connectivity index (χ0n) is 13.8. The molecule has 23 heavy (non-hydrogen) atoms. The Morgan fingerprint density at radius 2 is 2.04 bits per heavy atom. The van der Waals surface area contributed by atoms with Crippen LogP contribution in [0, 0.1) is 34.5 Å². The van der Waals surface area contributed by atoms with Gasteiger partial charge in [-0.15, -0.1) is 0 Å². The number of carboxylic acid groups (broad SMARTS) is 1. The average molecular weight is 318 g/mol. The van der Waals surface area contributed by atoms with Crippen LogP contribution in [0.4, 0.5) is 0 Å². The highest BCUT2D eigenvalue weighted by atomic mass is 16.4. The minimum Gasteiger partial charge on any atom is -0.481 e. The molecule has 0 aromatic rings. The maximum Gasteiger partial charge on any atom is 0.307 e. The molecule has 4 nitrogen and oxygen atoms in total. The first kappa shape index (κ1) is 15.4. The maximum absolute atomic E-state index is 12.3. The minimum absolute atomic E-state index is 0.0611. The van der Waals surface area contributed by atoms with Gasteiger partial charge < -0.3 is 10.2 Å². The van der Waals surface area contributed by atoms with Gasteiger partial charge in [-0.05, 0) is 60.8 Å². The second-order valence-corrected chi connectivity index (χ2v) is 8.76. The van der Waals surface area contributed by atoms with Crippen molar-refractivity contribution in [1.29, 1.82) is 0 Å². The van der Waals surface area contributed by atoms with Crippen molar-refractivity contribution in [1.82, 2.24) is 0 Å². The number of ketones is 1. The predicted octanol–water partition coefficient (Wildman–Crippen LogP) is 2.80. The van der Waals surface area contributed by atoms with Crippen LogP contribution in [0.2, 0.25) is 0 Å². The van der Waals surface area contributed by atoms with Crippen molar-refractivity contribution < 1.29 is 19.8 Å². The number of carboxylic acids is 1. The van der Waals surface area contributed by atoms with E-state index in [2.05, 4.69) is 13.5 Å². The molecule has 4 aliphatic rings. The molecule has 0 heterocycles. The SMILES string of the molecule is C=C1[C@@H]2CC[C@H]3[C@]4(C)CC(=O)C[C@@H](C(=O)O)[C@H]4CC[C@]3(C2)[C@H]1O. The lowest BCUT2D eigenvalue weighted by Gasteiger charge is -2.61.